The van der Waals surface area contributed by atoms with Gasteiger partial charge in [0.1, 0.15) is 5.60 Å². The van der Waals surface area contributed by atoms with E-state index in [-0.39, 0.29) is 11.8 Å². The summed E-state index contributed by atoms with van der Waals surface area (Å²) in [6.45, 7) is 0. The molecule has 0 saturated heterocycles. The molecule has 14 heavy (non-hydrogen) atoms. The molecule has 4 bridgehead atoms. The third-order valence-electron chi connectivity index (χ3n) is 3.93. The Balaban J connectivity index is 1.73. The second-order valence-corrected chi connectivity index (χ2v) is 4.60. The Kier molecular flexibility index (Phi) is 1.28. The summed E-state index contributed by atoms with van der Waals surface area (Å²) in [6.07, 6.45) is -2.27. The van der Waals surface area contributed by atoms with E-state index in [4.69, 9.17) is 0 Å². The summed E-state index contributed by atoms with van der Waals surface area (Å²) in [6, 6.07) is 0. The topological polar surface area (TPSA) is 26.3 Å². The number of alkyl halides is 3. The highest BCUT2D eigenvalue weighted by Crippen LogP contribution is 2.75. The van der Waals surface area contributed by atoms with Gasteiger partial charge in [-0.1, -0.05) is 0 Å². The molecule has 78 valence electrons. The molecule has 5 heteroatoms. The van der Waals surface area contributed by atoms with E-state index in [1.165, 1.54) is 0 Å². The van der Waals surface area contributed by atoms with Gasteiger partial charge in [0.05, 0.1) is 0 Å². The highest BCUT2D eigenvalue weighted by Gasteiger charge is 2.78. The molecule has 4 saturated carbocycles. The smallest absolute Gasteiger partial charge is 0.452 e. The third kappa shape index (κ3) is 0.854. The lowest BCUT2D eigenvalue weighted by Gasteiger charge is -2.14. The molecule has 2 unspecified atom stereocenters. The average Bonchev–Trinajstić information content (AvgIpc) is 2.52. The molecule has 4 aliphatic carbocycles. The van der Waals surface area contributed by atoms with Crippen LogP contribution in [0.25, 0.3) is 0 Å². The lowest BCUT2D eigenvalue weighted by molar-refractivity contribution is -0.207. The Bertz CT molecular complexity index is 298. The second kappa shape index (κ2) is 2.09. The zero-order valence-electron chi connectivity index (χ0n) is 7.30. The van der Waals surface area contributed by atoms with Crippen LogP contribution in [0, 0.1) is 17.8 Å². The van der Waals surface area contributed by atoms with Gasteiger partial charge in [-0.05, 0) is 25.2 Å². The van der Waals surface area contributed by atoms with Gasteiger partial charge in [-0.2, -0.15) is 13.2 Å². The summed E-state index contributed by atoms with van der Waals surface area (Å²) < 4.78 is 40.5. The van der Waals surface area contributed by atoms with Crippen molar-refractivity contribution in [1.82, 2.24) is 0 Å². The number of esters is 1. The van der Waals surface area contributed by atoms with E-state index < -0.39 is 17.7 Å². The van der Waals surface area contributed by atoms with Crippen molar-refractivity contribution in [2.75, 3.05) is 0 Å². The third-order valence-corrected chi connectivity index (χ3v) is 3.93. The van der Waals surface area contributed by atoms with Crippen LogP contribution in [-0.4, -0.2) is 17.7 Å². The van der Waals surface area contributed by atoms with Crippen molar-refractivity contribution < 1.29 is 22.7 Å². The van der Waals surface area contributed by atoms with Gasteiger partial charge >= 0.3 is 12.1 Å². The zero-order chi connectivity index (χ0) is 10.1. The number of carbonyl (C=O) groups is 1. The maximum Gasteiger partial charge on any atom is 0.490 e. The first-order chi connectivity index (χ1) is 6.43. The fraction of sp³-hybridized carbons (Fsp3) is 0.889. The molecule has 2 atom stereocenters. The Labute approximate surface area is 78.4 Å². The summed E-state index contributed by atoms with van der Waals surface area (Å²) >= 11 is 0. The largest absolute Gasteiger partial charge is 0.490 e. The molecule has 4 fully saturated rings. The fourth-order valence-corrected chi connectivity index (χ4v) is 3.46. The van der Waals surface area contributed by atoms with Crippen molar-refractivity contribution in [3.8, 4) is 0 Å². The van der Waals surface area contributed by atoms with Crippen LogP contribution in [-0.2, 0) is 9.53 Å². The van der Waals surface area contributed by atoms with E-state index in [2.05, 4.69) is 4.74 Å². The summed E-state index contributed by atoms with van der Waals surface area (Å²) in [5.41, 5.74) is -0.697. The van der Waals surface area contributed by atoms with Crippen LogP contribution in [0.15, 0.2) is 0 Å². The number of halogens is 3. The number of hydrogen-bond acceptors (Lipinski definition) is 2. The summed E-state index contributed by atoms with van der Waals surface area (Å²) in [4.78, 5) is 10.7. The second-order valence-electron chi connectivity index (χ2n) is 4.60. The van der Waals surface area contributed by atoms with Crippen LogP contribution in [0.4, 0.5) is 13.2 Å². The lowest BCUT2D eigenvalue weighted by Crippen LogP contribution is -2.31. The highest BCUT2D eigenvalue weighted by molar-refractivity contribution is 5.76. The molecule has 4 rings (SSSR count). The summed E-state index contributed by atoms with van der Waals surface area (Å²) in [5.74, 6) is -1.03. The van der Waals surface area contributed by atoms with E-state index in [1.807, 2.05) is 0 Å². The van der Waals surface area contributed by atoms with Gasteiger partial charge in [0, 0.05) is 11.8 Å². The first-order valence-electron chi connectivity index (χ1n) is 4.73. The predicted octanol–water partition coefficient (Wildman–Crippen LogP) is 1.89. The molecule has 0 aliphatic heterocycles. The quantitative estimate of drug-likeness (QED) is 0.612. The predicted molar refractivity (Wildman–Crippen MR) is 39.2 cm³/mol. The molecule has 0 aromatic heterocycles. The Hall–Kier alpha value is -0.740. The Morgan fingerprint density at radius 2 is 1.86 bits per heavy atom. The SMILES string of the molecule is O=C(OC12CC3CC1C2C3)C(F)(F)F. The van der Waals surface area contributed by atoms with Gasteiger partial charge in [-0.15, -0.1) is 0 Å². The van der Waals surface area contributed by atoms with Crippen LogP contribution < -0.4 is 0 Å². The van der Waals surface area contributed by atoms with Gasteiger partial charge in [-0.3, -0.25) is 0 Å². The zero-order valence-corrected chi connectivity index (χ0v) is 7.30. The minimum absolute atomic E-state index is 0.235. The molecular weight excluding hydrogens is 197 g/mol. The fourth-order valence-electron chi connectivity index (χ4n) is 3.46. The molecule has 2 nitrogen and oxygen atoms in total. The maximum atomic E-state index is 12.0. The minimum Gasteiger partial charge on any atom is -0.452 e. The van der Waals surface area contributed by atoms with Crippen molar-refractivity contribution in [1.29, 1.82) is 0 Å². The van der Waals surface area contributed by atoms with Crippen LogP contribution in [0.3, 0.4) is 0 Å². The molecule has 4 aliphatic rings. The molecule has 0 spiro atoms. The lowest BCUT2D eigenvalue weighted by atomic mass is 10.1. The molecule has 0 aromatic rings. The van der Waals surface area contributed by atoms with Gasteiger partial charge in [0.15, 0.2) is 0 Å². The first-order valence-corrected chi connectivity index (χ1v) is 4.73. The van der Waals surface area contributed by atoms with Crippen LogP contribution >= 0.6 is 0 Å². The van der Waals surface area contributed by atoms with Crippen LogP contribution in [0.1, 0.15) is 19.3 Å². The highest BCUT2D eigenvalue weighted by atomic mass is 19.4. The van der Waals surface area contributed by atoms with E-state index in [0.29, 0.717) is 12.3 Å². The number of ether oxygens (including phenoxy) is 1. The normalized spacial score (nSPS) is 48.1. The van der Waals surface area contributed by atoms with Crippen LogP contribution in [0.5, 0.6) is 0 Å². The molecule has 0 radical (unpaired) electrons. The summed E-state index contributed by atoms with van der Waals surface area (Å²) in [7, 11) is 0. The standard InChI is InChI=1S/C9H9F3O2/c10-9(11,12)7(13)14-8-3-4-1-5(8)6(8)2-4/h4-6H,1-3H2. The monoisotopic (exact) mass is 206 g/mol. The van der Waals surface area contributed by atoms with Crippen molar-refractivity contribution >= 4 is 5.97 Å². The molecular formula is C9H9F3O2. The van der Waals surface area contributed by atoms with Gasteiger partial charge in [-0.25, -0.2) is 4.79 Å². The first kappa shape index (κ1) is 8.56. The van der Waals surface area contributed by atoms with Crippen LogP contribution in [0.2, 0.25) is 0 Å². The Morgan fingerprint density at radius 3 is 2.21 bits per heavy atom. The van der Waals surface area contributed by atoms with Gasteiger partial charge in [0.25, 0.3) is 0 Å². The molecule has 0 amide bonds. The molecule has 0 aromatic carbocycles. The maximum absolute atomic E-state index is 12.0. The van der Waals surface area contributed by atoms with Gasteiger partial charge in [0.2, 0.25) is 0 Å². The average molecular weight is 206 g/mol. The Morgan fingerprint density at radius 1 is 1.29 bits per heavy atom. The van der Waals surface area contributed by atoms with E-state index in [9.17, 15) is 18.0 Å². The number of carbonyl (C=O) groups excluding carboxylic acids is 1. The number of rotatable bonds is 1. The van der Waals surface area contributed by atoms with Crippen molar-refractivity contribution in [2.24, 2.45) is 17.8 Å². The minimum atomic E-state index is -4.84. The van der Waals surface area contributed by atoms with E-state index in [1.54, 1.807) is 0 Å². The van der Waals surface area contributed by atoms with Crippen molar-refractivity contribution in [3.63, 3.8) is 0 Å². The molecule has 0 N–H and O–H groups in total. The van der Waals surface area contributed by atoms with Gasteiger partial charge < -0.3 is 4.74 Å². The summed E-state index contributed by atoms with van der Waals surface area (Å²) in [5, 5.41) is 0. The number of hydrogen-bond donors (Lipinski definition) is 0. The molecule has 0 heterocycles. The van der Waals surface area contributed by atoms with E-state index in [0.717, 1.165) is 12.8 Å². The van der Waals surface area contributed by atoms with Crippen molar-refractivity contribution in [2.45, 2.75) is 31.0 Å². The van der Waals surface area contributed by atoms with Crippen molar-refractivity contribution in [3.05, 3.63) is 0 Å². The van der Waals surface area contributed by atoms with E-state index >= 15 is 0 Å².